The lowest BCUT2D eigenvalue weighted by atomic mass is 10.3. The van der Waals surface area contributed by atoms with Gasteiger partial charge in [-0.15, -0.1) is 0 Å². The van der Waals surface area contributed by atoms with Crippen molar-refractivity contribution in [2.24, 2.45) is 0 Å². The van der Waals surface area contributed by atoms with E-state index in [1.165, 1.54) is 12.1 Å². The van der Waals surface area contributed by atoms with E-state index in [0.29, 0.717) is 13.1 Å². The van der Waals surface area contributed by atoms with Crippen LogP contribution in [0.4, 0.5) is 4.39 Å². The zero-order chi connectivity index (χ0) is 15.3. The van der Waals surface area contributed by atoms with Gasteiger partial charge >= 0.3 is 0 Å². The molecule has 1 fully saturated rings. The molecule has 1 aromatic rings. The summed E-state index contributed by atoms with van der Waals surface area (Å²) in [4.78, 5) is 13.6. The second-order valence-electron chi connectivity index (χ2n) is 4.73. The largest absolute Gasteiger partial charge is 0.340 e. The lowest BCUT2D eigenvalue weighted by Gasteiger charge is -2.27. The Morgan fingerprint density at radius 2 is 1.86 bits per heavy atom. The van der Waals surface area contributed by atoms with Gasteiger partial charge in [0, 0.05) is 39.1 Å². The second kappa shape index (κ2) is 6.97. The summed E-state index contributed by atoms with van der Waals surface area (Å²) in [6, 6.07) is 4.55. The van der Waals surface area contributed by atoms with Crippen molar-refractivity contribution in [1.82, 2.24) is 14.9 Å². The molecular formula is C13H18FN3O3S. The molecule has 0 aromatic heterocycles. The van der Waals surface area contributed by atoms with Crippen LogP contribution in [0.25, 0.3) is 0 Å². The molecule has 0 bridgehead atoms. The number of nitrogens with one attached hydrogen (secondary N) is 2. The van der Waals surface area contributed by atoms with Gasteiger partial charge in [-0.2, -0.15) is 0 Å². The highest BCUT2D eigenvalue weighted by Gasteiger charge is 2.18. The van der Waals surface area contributed by atoms with E-state index in [9.17, 15) is 17.6 Å². The van der Waals surface area contributed by atoms with Gasteiger partial charge in [0.2, 0.25) is 15.9 Å². The molecule has 1 amide bonds. The predicted molar refractivity (Wildman–Crippen MR) is 75.7 cm³/mol. The van der Waals surface area contributed by atoms with E-state index in [-0.39, 0.29) is 23.8 Å². The fourth-order valence-corrected chi connectivity index (χ4v) is 3.09. The minimum absolute atomic E-state index is 0.0153. The van der Waals surface area contributed by atoms with E-state index in [1.807, 2.05) is 0 Å². The number of amides is 1. The molecule has 21 heavy (non-hydrogen) atoms. The minimum atomic E-state index is -3.70. The van der Waals surface area contributed by atoms with Gasteiger partial charge in [-0.3, -0.25) is 4.79 Å². The average molecular weight is 315 g/mol. The van der Waals surface area contributed by atoms with Crippen molar-refractivity contribution in [3.8, 4) is 0 Å². The highest BCUT2D eigenvalue weighted by molar-refractivity contribution is 7.89. The predicted octanol–water partition coefficient (Wildman–Crippen LogP) is -0.0741. The quantitative estimate of drug-likeness (QED) is 0.797. The Labute approximate surface area is 123 Å². The van der Waals surface area contributed by atoms with Gasteiger partial charge in [0.05, 0.1) is 4.90 Å². The van der Waals surface area contributed by atoms with Crippen molar-refractivity contribution in [3.63, 3.8) is 0 Å². The van der Waals surface area contributed by atoms with Gasteiger partial charge in [-0.25, -0.2) is 17.5 Å². The van der Waals surface area contributed by atoms with Crippen LogP contribution in [-0.2, 0) is 14.8 Å². The van der Waals surface area contributed by atoms with Crippen LogP contribution in [-0.4, -0.2) is 51.9 Å². The van der Waals surface area contributed by atoms with Crippen molar-refractivity contribution in [2.45, 2.75) is 11.3 Å². The molecule has 0 spiro atoms. The first-order valence-corrected chi connectivity index (χ1v) is 8.21. The van der Waals surface area contributed by atoms with Gasteiger partial charge in [0.15, 0.2) is 0 Å². The minimum Gasteiger partial charge on any atom is -0.340 e. The Morgan fingerprint density at radius 1 is 1.24 bits per heavy atom. The fourth-order valence-electron chi connectivity index (χ4n) is 2.06. The Bertz CT molecular complexity index is 583. The number of halogens is 1. The Kier molecular flexibility index (Phi) is 5.27. The standard InChI is InChI=1S/C13H18FN3O3S/c14-11-1-3-12(4-2-11)21(19,20)16-6-5-13(18)17-9-7-15-8-10-17/h1-4,15-16H,5-10H2. The maximum atomic E-state index is 12.8. The van der Waals surface area contributed by atoms with Gasteiger partial charge in [-0.1, -0.05) is 0 Å². The monoisotopic (exact) mass is 315 g/mol. The number of carbonyl (C=O) groups is 1. The van der Waals surface area contributed by atoms with E-state index < -0.39 is 15.8 Å². The lowest BCUT2D eigenvalue weighted by molar-refractivity contribution is -0.131. The molecule has 0 aliphatic carbocycles. The Hall–Kier alpha value is -1.51. The number of rotatable bonds is 5. The van der Waals surface area contributed by atoms with Gasteiger partial charge < -0.3 is 10.2 Å². The molecule has 0 atom stereocenters. The molecule has 2 N–H and O–H groups in total. The number of hydrogen-bond donors (Lipinski definition) is 2. The molecule has 8 heteroatoms. The number of carbonyl (C=O) groups excluding carboxylic acids is 1. The Morgan fingerprint density at radius 3 is 2.48 bits per heavy atom. The molecule has 1 saturated heterocycles. The summed E-state index contributed by atoms with van der Waals surface area (Å²) in [6.07, 6.45) is 0.112. The van der Waals surface area contributed by atoms with Crippen LogP contribution >= 0.6 is 0 Å². The van der Waals surface area contributed by atoms with Gasteiger partial charge in [0.1, 0.15) is 5.82 Å². The molecule has 0 saturated carbocycles. The van der Waals surface area contributed by atoms with E-state index in [0.717, 1.165) is 25.2 Å². The van der Waals surface area contributed by atoms with Crippen LogP contribution in [0.2, 0.25) is 0 Å². The van der Waals surface area contributed by atoms with Crippen LogP contribution in [0.3, 0.4) is 0 Å². The summed E-state index contributed by atoms with van der Waals surface area (Å²) in [5.74, 6) is -0.568. The summed E-state index contributed by atoms with van der Waals surface area (Å²) < 4.78 is 39.0. The van der Waals surface area contributed by atoms with E-state index >= 15 is 0 Å². The second-order valence-corrected chi connectivity index (χ2v) is 6.50. The smallest absolute Gasteiger partial charge is 0.240 e. The third-order valence-electron chi connectivity index (χ3n) is 3.22. The maximum absolute atomic E-state index is 12.8. The molecule has 6 nitrogen and oxygen atoms in total. The van der Waals surface area contributed by atoms with Crippen LogP contribution in [0.5, 0.6) is 0 Å². The molecule has 1 heterocycles. The van der Waals surface area contributed by atoms with Crippen molar-refractivity contribution < 1.29 is 17.6 Å². The molecule has 0 unspecified atom stereocenters. The molecular weight excluding hydrogens is 297 g/mol. The third kappa shape index (κ3) is 4.48. The highest BCUT2D eigenvalue weighted by Crippen LogP contribution is 2.09. The first-order valence-electron chi connectivity index (χ1n) is 6.73. The first kappa shape index (κ1) is 15.9. The van der Waals surface area contributed by atoms with E-state index in [1.54, 1.807) is 4.90 Å². The van der Waals surface area contributed by atoms with Crippen molar-refractivity contribution >= 4 is 15.9 Å². The molecule has 1 aromatic carbocycles. The third-order valence-corrected chi connectivity index (χ3v) is 4.70. The number of hydrogen-bond acceptors (Lipinski definition) is 4. The zero-order valence-electron chi connectivity index (χ0n) is 11.5. The highest BCUT2D eigenvalue weighted by atomic mass is 32.2. The topological polar surface area (TPSA) is 78.5 Å². The number of piperazine rings is 1. The number of sulfonamides is 1. The van der Waals surface area contributed by atoms with Crippen LogP contribution in [0.15, 0.2) is 29.2 Å². The van der Waals surface area contributed by atoms with Crippen LogP contribution in [0.1, 0.15) is 6.42 Å². The molecule has 1 aliphatic rings. The molecule has 2 rings (SSSR count). The maximum Gasteiger partial charge on any atom is 0.240 e. The van der Waals surface area contributed by atoms with Crippen LogP contribution in [0, 0.1) is 5.82 Å². The average Bonchev–Trinajstić information content (AvgIpc) is 2.48. The first-order chi connectivity index (χ1) is 9.99. The summed E-state index contributed by atoms with van der Waals surface area (Å²) >= 11 is 0. The van der Waals surface area contributed by atoms with Crippen molar-refractivity contribution in [3.05, 3.63) is 30.1 Å². The fraction of sp³-hybridized carbons (Fsp3) is 0.462. The van der Waals surface area contributed by atoms with Gasteiger partial charge in [-0.05, 0) is 24.3 Å². The Balaban J connectivity index is 1.84. The van der Waals surface area contributed by atoms with E-state index in [2.05, 4.69) is 10.0 Å². The zero-order valence-corrected chi connectivity index (χ0v) is 12.3. The van der Waals surface area contributed by atoms with Crippen molar-refractivity contribution in [2.75, 3.05) is 32.7 Å². The molecule has 116 valence electrons. The lowest BCUT2D eigenvalue weighted by Crippen LogP contribution is -2.47. The van der Waals surface area contributed by atoms with Crippen LogP contribution < -0.4 is 10.0 Å². The summed E-state index contributed by atoms with van der Waals surface area (Å²) in [7, 11) is -3.70. The normalized spacial score (nSPS) is 16.0. The van der Waals surface area contributed by atoms with Crippen molar-refractivity contribution in [1.29, 1.82) is 0 Å². The summed E-state index contributed by atoms with van der Waals surface area (Å²) in [6.45, 7) is 2.83. The van der Waals surface area contributed by atoms with E-state index in [4.69, 9.17) is 0 Å². The van der Waals surface area contributed by atoms with Gasteiger partial charge in [0.25, 0.3) is 0 Å². The molecule has 1 aliphatic heterocycles. The molecule has 0 radical (unpaired) electrons. The number of benzene rings is 1. The summed E-state index contributed by atoms with van der Waals surface area (Å²) in [5, 5.41) is 3.14. The summed E-state index contributed by atoms with van der Waals surface area (Å²) in [5.41, 5.74) is 0. The SMILES string of the molecule is O=C(CCNS(=O)(=O)c1ccc(F)cc1)N1CCNCC1. The number of nitrogens with zero attached hydrogens (tertiary/aromatic N) is 1.